The smallest absolute Gasteiger partial charge is 0.324 e. The summed E-state index contributed by atoms with van der Waals surface area (Å²) in [5.74, 6) is 1.96. The average Bonchev–Trinajstić information content (AvgIpc) is 3.21. The van der Waals surface area contributed by atoms with Crippen LogP contribution in [0.4, 0.5) is 16.3 Å². The van der Waals surface area contributed by atoms with Gasteiger partial charge in [0.25, 0.3) is 0 Å². The van der Waals surface area contributed by atoms with E-state index in [1.807, 2.05) is 36.4 Å². The maximum atomic E-state index is 12.7. The Balaban J connectivity index is 1.47. The van der Waals surface area contributed by atoms with E-state index in [1.165, 1.54) is 0 Å². The molecule has 0 unspecified atom stereocenters. The zero-order chi connectivity index (χ0) is 22.6. The molecule has 0 spiro atoms. The van der Waals surface area contributed by atoms with Crippen LogP contribution >= 0.6 is 0 Å². The first-order chi connectivity index (χ1) is 15.4. The van der Waals surface area contributed by atoms with Gasteiger partial charge >= 0.3 is 6.03 Å². The van der Waals surface area contributed by atoms with Crippen LogP contribution in [0, 0.1) is 0 Å². The number of carbonyl (C=O) groups excluding carboxylic acids is 1. The molecule has 0 atom stereocenters. The third-order valence-electron chi connectivity index (χ3n) is 4.72. The van der Waals surface area contributed by atoms with E-state index in [4.69, 9.17) is 9.84 Å². The van der Waals surface area contributed by atoms with Gasteiger partial charge in [-0.1, -0.05) is 39.0 Å². The third-order valence-corrected chi connectivity index (χ3v) is 4.72. The van der Waals surface area contributed by atoms with Crippen molar-refractivity contribution in [3.63, 3.8) is 0 Å². The predicted octanol–water partition coefficient (Wildman–Crippen LogP) is 6.00. The number of hydrogen-bond donors (Lipinski definition) is 2. The number of anilines is 2. The van der Waals surface area contributed by atoms with Gasteiger partial charge in [-0.25, -0.2) is 9.48 Å². The number of aromatic nitrogens is 3. The van der Waals surface area contributed by atoms with Crippen LogP contribution in [0.15, 0.2) is 85.2 Å². The Morgan fingerprint density at radius 2 is 1.53 bits per heavy atom. The van der Waals surface area contributed by atoms with E-state index in [-0.39, 0.29) is 11.4 Å². The predicted molar refractivity (Wildman–Crippen MR) is 126 cm³/mol. The Bertz CT molecular complexity index is 1180. The molecule has 2 heterocycles. The molecule has 7 heteroatoms. The maximum Gasteiger partial charge on any atom is 0.324 e. The summed E-state index contributed by atoms with van der Waals surface area (Å²) >= 11 is 0. The zero-order valence-corrected chi connectivity index (χ0v) is 18.2. The van der Waals surface area contributed by atoms with Crippen molar-refractivity contribution in [1.82, 2.24) is 14.8 Å². The Morgan fingerprint density at radius 3 is 2.19 bits per heavy atom. The molecule has 0 aliphatic carbocycles. The van der Waals surface area contributed by atoms with Crippen molar-refractivity contribution in [2.75, 3.05) is 10.6 Å². The van der Waals surface area contributed by atoms with Crippen LogP contribution in [-0.2, 0) is 5.41 Å². The van der Waals surface area contributed by atoms with Gasteiger partial charge < -0.3 is 10.1 Å². The number of para-hydroxylation sites is 1. The number of pyridine rings is 1. The molecule has 2 amide bonds. The molecule has 0 aliphatic heterocycles. The summed E-state index contributed by atoms with van der Waals surface area (Å²) in [7, 11) is 0. The third kappa shape index (κ3) is 5.13. The van der Waals surface area contributed by atoms with E-state index in [1.54, 1.807) is 53.5 Å². The van der Waals surface area contributed by atoms with Crippen LogP contribution in [0.5, 0.6) is 11.5 Å². The van der Waals surface area contributed by atoms with Gasteiger partial charge in [-0.2, -0.15) is 5.10 Å². The molecule has 7 nitrogen and oxygen atoms in total. The second kappa shape index (κ2) is 8.93. The summed E-state index contributed by atoms with van der Waals surface area (Å²) < 4.78 is 7.50. The largest absolute Gasteiger partial charge is 0.457 e. The fourth-order valence-electron chi connectivity index (χ4n) is 3.03. The van der Waals surface area contributed by atoms with Crippen LogP contribution in [0.1, 0.15) is 26.5 Å². The molecule has 2 aromatic heterocycles. The van der Waals surface area contributed by atoms with E-state index in [0.717, 1.165) is 11.4 Å². The van der Waals surface area contributed by atoms with Crippen molar-refractivity contribution in [3.8, 4) is 17.2 Å². The SMILES string of the molecule is CC(C)(C)c1cc(NC(=O)Nc2ccc(Oc3ccncc3)cc2)n(-c2ccccc2)n1. The molecule has 0 bridgehead atoms. The fourth-order valence-corrected chi connectivity index (χ4v) is 3.03. The number of benzene rings is 2. The number of urea groups is 1. The van der Waals surface area contributed by atoms with Gasteiger partial charge in [0.1, 0.15) is 17.3 Å². The first kappa shape index (κ1) is 21.1. The molecule has 0 fully saturated rings. The number of amides is 2. The molecule has 0 aliphatic rings. The van der Waals surface area contributed by atoms with Crippen molar-refractivity contribution in [3.05, 3.63) is 90.9 Å². The van der Waals surface area contributed by atoms with Crippen molar-refractivity contribution in [1.29, 1.82) is 0 Å². The lowest BCUT2D eigenvalue weighted by molar-refractivity contribution is 0.262. The van der Waals surface area contributed by atoms with Gasteiger partial charge in [0.2, 0.25) is 0 Å². The Kier molecular flexibility index (Phi) is 5.89. The summed E-state index contributed by atoms with van der Waals surface area (Å²) in [5.41, 5.74) is 2.24. The normalized spacial score (nSPS) is 11.1. The molecule has 0 radical (unpaired) electrons. The zero-order valence-electron chi connectivity index (χ0n) is 18.2. The summed E-state index contributed by atoms with van der Waals surface area (Å²) in [5, 5.41) is 10.5. The fraction of sp³-hybridized carbons (Fsp3) is 0.160. The lowest BCUT2D eigenvalue weighted by Crippen LogP contribution is -2.21. The highest BCUT2D eigenvalue weighted by Crippen LogP contribution is 2.27. The van der Waals surface area contributed by atoms with E-state index >= 15 is 0 Å². The van der Waals surface area contributed by atoms with Gasteiger partial charge in [-0.3, -0.25) is 10.3 Å². The number of ether oxygens (including phenoxy) is 1. The number of nitrogens with one attached hydrogen (secondary N) is 2. The van der Waals surface area contributed by atoms with Crippen LogP contribution in [0.3, 0.4) is 0 Å². The second-order valence-corrected chi connectivity index (χ2v) is 8.30. The number of hydrogen-bond acceptors (Lipinski definition) is 4. The lowest BCUT2D eigenvalue weighted by Gasteiger charge is -2.14. The summed E-state index contributed by atoms with van der Waals surface area (Å²) in [6.45, 7) is 6.26. The Morgan fingerprint density at radius 1 is 0.875 bits per heavy atom. The van der Waals surface area contributed by atoms with Gasteiger partial charge in [0.05, 0.1) is 11.4 Å². The molecule has 162 valence electrons. The lowest BCUT2D eigenvalue weighted by atomic mass is 9.92. The van der Waals surface area contributed by atoms with Crippen LogP contribution in [0.25, 0.3) is 5.69 Å². The number of rotatable bonds is 5. The van der Waals surface area contributed by atoms with Crippen molar-refractivity contribution < 1.29 is 9.53 Å². The molecule has 4 rings (SSSR count). The van der Waals surface area contributed by atoms with Crippen molar-refractivity contribution in [2.24, 2.45) is 0 Å². The molecule has 2 aromatic carbocycles. The first-order valence-corrected chi connectivity index (χ1v) is 10.3. The number of carbonyl (C=O) groups is 1. The number of nitrogens with zero attached hydrogens (tertiary/aromatic N) is 3. The van der Waals surface area contributed by atoms with Gasteiger partial charge in [-0.15, -0.1) is 0 Å². The molecule has 4 aromatic rings. The van der Waals surface area contributed by atoms with Crippen LogP contribution < -0.4 is 15.4 Å². The first-order valence-electron chi connectivity index (χ1n) is 10.3. The van der Waals surface area contributed by atoms with E-state index < -0.39 is 0 Å². The molecular weight excluding hydrogens is 402 g/mol. The van der Waals surface area contributed by atoms with E-state index in [2.05, 4.69) is 36.4 Å². The molecular formula is C25H25N5O2. The minimum absolute atomic E-state index is 0.155. The summed E-state index contributed by atoms with van der Waals surface area (Å²) in [4.78, 5) is 16.7. The minimum Gasteiger partial charge on any atom is -0.457 e. The van der Waals surface area contributed by atoms with Crippen molar-refractivity contribution >= 4 is 17.5 Å². The standard InChI is InChI=1S/C25H25N5O2/c1-25(2,3)22-17-23(30(29-22)19-7-5-4-6-8-19)28-24(31)27-18-9-11-20(12-10-18)32-21-13-15-26-16-14-21/h4-17H,1-3H3,(H2,27,28,31). The highest BCUT2D eigenvalue weighted by molar-refractivity contribution is 5.99. The van der Waals surface area contributed by atoms with Gasteiger partial charge in [0.15, 0.2) is 0 Å². The monoisotopic (exact) mass is 427 g/mol. The van der Waals surface area contributed by atoms with E-state index in [0.29, 0.717) is 23.0 Å². The van der Waals surface area contributed by atoms with Gasteiger partial charge in [0, 0.05) is 29.6 Å². The van der Waals surface area contributed by atoms with Crippen LogP contribution in [0.2, 0.25) is 0 Å². The Hall–Kier alpha value is -4.13. The topological polar surface area (TPSA) is 81.1 Å². The molecule has 2 N–H and O–H groups in total. The van der Waals surface area contributed by atoms with Crippen LogP contribution in [-0.4, -0.2) is 20.8 Å². The molecule has 0 saturated heterocycles. The second-order valence-electron chi connectivity index (χ2n) is 8.30. The summed E-state index contributed by atoms with van der Waals surface area (Å²) in [6, 6.07) is 22.0. The highest BCUT2D eigenvalue weighted by Gasteiger charge is 2.21. The maximum absolute atomic E-state index is 12.7. The minimum atomic E-state index is -0.356. The van der Waals surface area contributed by atoms with Gasteiger partial charge in [-0.05, 0) is 48.5 Å². The summed E-state index contributed by atoms with van der Waals surface area (Å²) in [6.07, 6.45) is 3.33. The van der Waals surface area contributed by atoms with E-state index in [9.17, 15) is 4.79 Å². The molecule has 0 saturated carbocycles. The quantitative estimate of drug-likeness (QED) is 0.409. The van der Waals surface area contributed by atoms with Crippen molar-refractivity contribution in [2.45, 2.75) is 26.2 Å². The highest BCUT2D eigenvalue weighted by atomic mass is 16.5. The molecule has 32 heavy (non-hydrogen) atoms. The average molecular weight is 428 g/mol. The Labute approximate surface area is 187 Å².